The number of alkyl halides is 2. The van der Waals surface area contributed by atoms with Gasteiger partial charge >= 0.3 is 0 Å². The number of ether oxygens (including phenoxy) is 1. The number of anilines is 1. The summed E-state index contributed by atoms with van der Waals surface area (Å²) in [6, 6.07) is 1.36. The Balaban J connectivity index is 2.56. The fraction of sp³-hybridized carbons (Fsp3) is 0.333. The van der Waals surface area contributed by atoms with E-state index >= 15 is 0 Å². The van der Waals surface area contributed by atoms with Gasteiger partial charge in [0.25, 0.3) is 6.43 Å². The van der Waals surface area contributed by atoms with Crippen LogP contribution in [0.2, 0.25) is 0 Å². The zero-order valence-corrected chi connectivity index (χ0v) is 6.58. The maximum Gasteiger partial charge on any atom is 0.272 e. The zero-order valence-electron chi connectivity index (χ0n) is 6.58. The lowest BCUT2D eigenvalue weighted by Gasteiger charge is -2.04. The maximum absolute atomic E-state index is 11.7. The average molecular weight is 190 g/mol. The van der Waals surface area contributed by atoms with Crippen molar-refractivity contribution in [2.45, 2.75) is 6.43 Å². The highest BCUT2D eigenvalue weighted by atomic mass is 19.3. The SMILES string of the molecule is NNc1nccc(OCC(F)F)n1. The van der Waals surface area contributed by atoms with Gasteiger partial charge in [-0.05, 0) is 0 Å². The van der Waals surface area contributed by atoms with Crippen molar-refractivity contribution in [3.63, 3.8) is 0 Å². The van der Waals surface area contributed by atoms with Gasteiger partial charge in [-0.25, -0.2) is 19.6 Å². The third-order valence-electron chi connectivity index (χ3n) is 1.12. The molecule has 0 aliphatic carbocycles. The Kier molecular flexibility index (Phi) is 3.32. The number of hydrogen-bond donors (Lipinski definition) is 2. The molecule has 1 aromatic heterocycles. The molecular weight excluding hydrogens is 182 g/mol. The Bertz CT molecular complexity index is 271. The highest BCUT2D eigenvalue weighted by Gasteiger charge is 2.04. The third kappa shape index (κ3) is 3.16. The number of nitrogens with one attached hydrogen (secondary N) is 1. The van der Waals surface area contributed by atoms with Crippen LogP contribution < -0.4 is 16.0 Å². The summed E-state index contributed by atoms with van der Waals surface area (Å²) in [6.45, 7) is -0.693. The summed E-state index contributed by atoms with van der Waals surface area (Å²) in [4.78, 5) is 7.33. The molecule has 1 aromatic rings. The van der Waals surface area contributed by atoms with Gasteiger partial charge in [0, 0.05) is 12.3 Å². The van der Waals surface area contributed by atoms with Crippen LogP contribution in [-0.2, 0) is 0 Å². The number of hydrogen-bond acceptors (Lipinski definition) is 5. The molecule has 0 saturated heterocycles. The van der Waals surface area contributed by atoms with Crippen LogP contribution in [0.25, 0.3) is 0 Å². The highest BCUT2D eigenvalue weighted by molar-refractivity contribution is 5.25. The van der Waals surface area contributed by atoms with Gasteiger partial charge in [0.05, 0.1) is 0 Å². The lowest BCUT2D eigenvalue weighted by molar-refractivity contribution is 0.0796. The number of nitrogens with zero attached hydrogens (tertiary/aromatic N) is 2. The predicted octanol–water partition coefficient (Wildman–Crippen LogP) is 0.406. The monoisotopic (exact) mass is 190 g/mol. The molecule has 1 heterocycles. The Morgan fingerprint density at radius 3 is 3.00 bits per heavy atom. The fourth-order valence-corrected chi connectivity index (χ4v) is 0.640. The van der Waals surface area contributed by atoms with E-state index in [0.29, 0.717) is 0 Å². The van der Waals surface area contributed by atoms with E-state index in [2.05, 4.69) is 20.1 Å². The summed E-state index contributed by atoms with van der Waals surface area (Å²) in [5.41, 5.74) is 2.17. The molecular formula is C6H8F2N4O. The van der Waals surface area contributed by atoms with Crippen molar-refractivity contribution in [3.05, 3.63) is 12.3 Å². The quantitative estimate of drug-likeness (QED) is 0.531. The number of rotatable bonds is 4. The Labute approximate surface area is 72.9 Å². The summed E-state index contributed by atoms with van der Waals surface area (Å²) in [5.74, 6) is 5.17. The van der Waals surface area contributed by atoms with Gasteiger partial charge in [-0.3, -0.25) is 5.43 Å². The van der Waals surface area contributed by atoms with Gasteiger partial charge in [-0.15, -0.1) is 0 Å². The highest BCUT2D eigenvalue weighted by Crippen LogP contribution is 2.08. The van der Waals surface area contributed by atoms with Crippen molar-refractivity contribution in [2.24, 2.45) is 5.84 Å². The zero-order chi connectivity index (χ0) is 9.68. The van der Waals surface area contributed by atoms with Crippen LogP contribution in [0.1, 0.15) is 0 Å². The minimum absolute atomic E-state index is 0.0586. The van der Waals surface area contributed by atoms with Crippen molar-refractivity contribution in [3.8, 4) is 5.88 Å². The number of nitrogens with two attached hydrogens (primary N) is 1. The molecule has 0 saturated carbocycles. The molecule has 0 fully saturated rings. The standard InChI is InChI=1S/C6H8F2N4O/c7-4(8)3-13-5-1-2-10-6(11-5)12-9/h1-2,4H,3,9H2,(H,10,11,12). The Morgan fingerprint density at radius 2 is 2.38 bits per heavy atom. The largest absolute Gasteiger partial charge is 0.471 e. The van der Waals surface area contributed by atoms with E-state index in [4.69, 9.17) is 5.84 Å². The molecule has 13 heavy (non-hydrogen) atoms. The Hall–Kier alpha value is -1.50. The first-order valence-electron chi connectivity index (χ1n) is 3.43. The number of aromatic nitrogens is 2. The van der Waals surface area contributed by atoms with Crippen molar-refractivity contribution < 1.29 is 13.5 Å². The van der Waals surface area contributed by atoms with Gasteiger partial charge in [-0.1, -0.05) is 0 Å². The van der Waals surface area contributed by atoms with Crippen LogP contribution in [0.5, 0.6) is 5.88 Å². The first-order valence-corrected chi connectivity index (χ1v) is 3.43. The molecule has 0 aromatic carbocycles. The second-order valence-corrected chi connectivity index (χ2v) is 2.06. The molecule has 0 unspecified atom stereocenters. The number of halogens is 2. The van der Waals surface area contributed by atoms with E-state index in [9.17, 15) is 8.78 Å². The molecule has 0 spiro atoms. The lowest BCUT2D eigenvalue weighted by Crippen LogP contribution is -2.12. The van der Waals surface area contributed by atoms with E-state index in [1.807, 2.05) is 0 Å². The molecule has 72 valence electrons. The maximum atomic E-state index is 11.7. The van der Waals surface area contributed by atoms with Crippen LogP contribution in [0.15, 0.2) is 12.3 Å². The molecule has 7 heteroatoms. The summed E-state index contributed by atoms with van der Waals surface area (Å²) in [5, 5.41) is 0. The van der Waals surface area contributed by atoms with Crippen molar-refractivity contribution in [2.75, 3.05) is 12.0 Å². The second kappa shape index (κ2) is 4.51. The Morgan fingerprint density at radius 1 is 1.62 bits per heavy atom. The van der Waals surface area contributed by atoms with Gasteiger partial charge in [0.15, 0.2) is 6.61 Å². The van der Waals surface area contributed by atoms with Gasteiger partial charge in [-0.2, -0.15) is 4.98 Å². The first kappa shape index (κ1) is 9.59. The van der Waals surface area contributed by atoms with Crippen LogP contribution in [0.4, 0.5) is 14.7 Å². The second-order valence-electron chi connectivity index (χ2n) is 2.06. The van der Waals surface area contributed by atoms with Crippen molar-refractivity contribution >= 4 is 5.95 Å². The average Bonchev–Trinajstić information content (AvgIpc) is 2.15. The summed E-state index contributed by atoms with van der Waals surface area (Å²) in [7, 11) is 0. The molecule has 0 radical (unpaired) electrons. The number of nitrogen functional groups attached to an aromatic ring is 1. The predicted molar refractivity (Wildman–Crippen MR) is 41.3 cm³/mol. The smallest absolute Gasteiger partial charge is 0.272 e. The minimum Gasteiger partial charge on any atom is -0.471 e. The molecule has 5 nitrogen and oxygen atoms in total. The van der Waals surface area contributed by atoms with Crippen molar-refractivity contribution in [1.82, 2.24) is 9.97 Å². The summed E-state index contributed by atoms with van der Waals surface area (Å²) < 4.78 is 28.0. The van der Waals surface area contributed by atoms with Gasteiger partial charge in [0.1, 0.15) is 0 Å². The van der Waals surface area contributed by atoms with Crippen LogP contribution in [0.3, 0.4) is 0 Å². The van der Waals surface area contributed by atoms with E-state index in [1.165, 1.54) is 12.3 Å². The molecule has 0 bridgehead atoms. The third-order valence-corrected chi connectivity index (χ3v) is 1.12. The number of hydrazine groups is 1. The van der Waals surface area contributed by atoms with E-state index in [-0.39, 0.29) is 11.8 Å². The van der Waals surface area contributed by atoms with Gasteiger partial charge < -0.3 is 4.74 Å². The van der Waals surface area contributed by atoms with Crippen molar-refractivity contribution in [1.29, 1.82) is 0 Å². The molecule has 0 atom stereocenters. The topological polar surface area (TPSA) is 73.1 Å². The first-order chi connectivity index (χ1) is 6.22. The summed E-state index contributed by atoms with van der Waals surface area (Å²) in [6.07, 6.45) is -1.17. The van der Waals surface area contributed by atoms with E-state index in [0.717, 1.165) is 0 Å². The molecule has 3 N–H and O–H groups in total. The molecule has 0 aliphatic heterocycles. The molecule has 1 rings (SSSR count). The normalized spacial score (nSPS) is 10.2. The van der Waals surface area contributed by atoms with Crippen LogP contribution in [0, 0.1) is 0 Å². The van der Waals surface area contributed by atoms with E-state index in [1.54, 1.807) is 0 Å². The lowest BCUT2D eigenvalue weighted by atomic mass is 10.6. The van der Waals surface area contributed by atoms with Gasteiger partial charge in [0.2, 0.25) is 11.8 Å². The minimum atomic E-state index is -2.52. The summed E-state index contributed by atoms with van der Waals surface area (Å²) >= 11 is 0. The van der Waals surface area contributed by atoms with E-state index < -0.39 is 13.0 Å². The molecule has 0 aliphatic rings. The van der Waals surface area contributed by atoms with Crippen LogP contribution in [-0.4, -0.2) is 23.0 Å². The fourth-order valence-electron chi connectivity index (χ4n) is 0.640. The molecule has 0 amide bonds. The van der Waals surface area contributed by atoms with Crippen LogP contribution >= 0.6 is 0 Å².